The molecule has 6 nitrogen and oxygen atoms in total. The molecule has 0 saturated carbocycles. The highest BCUT2D eigenvalue weighted by Crippen LogP contribution is 2.24. The van der Waals surface area contributed by atoms with E-state index < -0.39 is 5.97 Å². The number of nitrogens with zero attached hydrogens (tertiary/aromatic N) is 1. The lowest BCUT2D eigenvalue weighted by Crippen LogP contribution is -2.33. The van der Waals surface area contributed by atoms with Crippen LogP contribution in [0.2, 0.25) is 0 Å². The highest BCUT2D eigenvalue weighted by Gasteiger charge is 2.26. The SMILES string of the molecule is Cc1nc(C(C)NC(=O)C2CCOC2)sc1C(=O)O. The zero-order valence-electron chi connectivity index (χ0n) is 10.8. The first-order chi connectivity index (χ1) is 8.99. The predicted molar refractivity (Wildman–Crippen MR) is 69.3 cm³/mol. The summed E-state index contributed by atoms with van der Waals surface area (Å²) in [6.07, 6.45) is 0.732. The van der Waals surface area contributed by atoms with Gasteiger partial charge in [-0.2, -0.15) is 0 Å². The number of ether oxygens (including phenoxy) is 1. The Hall–Kier alpha value is -1.47. The van der Waals surface area contributed by atoms with Crippen LogP contribution in [-0.4, -0.2) is 35.2 Å². The van der Waals surface area contributed by atoms with Gasteiger partial charge in [-0.05, 0) is 20.3 Å². The van der Waals surface area contributed by atoms with Gasteiger partial charge in [-0.15, -0.1) is 11.3 Å². The van der Waals surface area contributed by atoms with Gasteiger partial charge < -0.3 is 15.2 Å². The van der Waals surface area contributed by atoms with Gasteiger partial charge in [0, 0.05) is 6.61 Å². The van der Waals surface area contributed by atoms with Crippen LogP contribution in [0.4, 0.5) is 0 Å². The molecule has 1 amide bonds. The molecule has 1 saturated heterocycles. The Balaban J connectivity index is 2.03. The van der Waals surface area contributed by atoms with Gasteiger partial charge in [-0.1, -0.05) is 0 Å². The number of aromatic carboxylic acids is 1. The Morgan fingerprint density at radius 3 is 2.84 bits per heavy atom. The summed E-state index contributed by atoms with van der Waals surface area (Å²) in [4.78, 5) is 27.3. The number of nitrogens with one attached hydrogen (secondary N) is 1. The lowest BCUT2D eigenvalue weighted by atomic mass is 10.1. The number of hydrogen-bond donors (Lipinski definition) is 2. The van der Waals surface area contributed by atoms with Gasteiger partial charge in [0.05, 0.1) is 24.3 Å². The average molecular weight is 284 g/mol. The van der Waals surface area contributed by atoms with Crippen molar-refractivity contribution >= 4 is 23.2 Å². The number of hydrogen-bond acceptors (Lipinski definition) is 5. The van der Waals surface area contributed by atoms with E-state index in [0.717, 1.165) is 17.8 Å². The molecule has 0 bridgehead atoms. The monoisotopic (exact) mass is 284 g/mol. The average Bonchev–Trinajstić information content (AvgIpc) is 2.96. The van der Waals surface area contributed by atoms with Crippen LogP contribution in [0.25, 0.3) is 0 Å². The fraction of sp³-hybridized carbons (Fsp3) is 0.583. The van der Waals surface area contributed by atoms with Crippen molar-refractivity contribution in [2.45, 2.75) is 26.3 Å². The normalized spacial score (nSPS) is 20.2. The van der Waals surface area contributed by atoms with Gasteiger partial charge in [-0.3, -0.25) is 4.79 Å². The van der Waals surface area contributed by atoms with Gasteiger partial charge in [-0.25, -0.2) is 9.78 Å². The molecular weight excluding hydrogens is 268 g/mol. The van der Waals surface area contributed by atoms with Crippen molar-refractivity contribution in [3.63, 3.8) is 0 Å². The van der Waals surface area contributed by atoms with E-state index in [4.69, 9.17) is 9.84 Å². The predicted octanol–water partition coefficient (Wildman–Crippen LogP) is 1.36. The van der Waals surface area contributed by atoms with Crippen molar-refractivity contribution in [1.82, 2.24) is 10.3 Å². The zero-order valence-corrected chi connectivity index (χ0v) is 11.6. The summed E-state index contributed by atoms with van der Waals surface area (Å²) in [5, 5.41) is 12.4. The number of aromatic nitrogens is 1. The summed E-state index contributed by atoms with van der Waals surface area (Å²) >= 11 is 1.10. The molecule has 1 aliphatic rings. The molecule has 2 rings (SSSR count). The lowest BCUT2D eigenvalue weighted by Gasteiger charge is -2.14. The molecule has 19 heavy (non-hydrogen) atoms. The van der Waals surface area contributed by atoms with Crippen LogP contribution in [0.5, 0.6) is 0 Å². The fourth-order valence-corrected chi connectivity index (χ4v) is 2.84. The minimum absolute atomic E-state index is 0.0604. The largest absolute Gasteiger partial charge is 0.477 e. The van der Waals surface area contributed by atoms with E-state index in [1.807, 2.05) is 0 Å². The highest BCUT2D eigenvalue weighted by molar-refractivity contribution is 7.13. The van der Waals surface area contributed by atoms with Crippen LogP contribution in [0.1, 0.15) is 39.8 Å². The van der Waals surface area contributed by atoms with Crippen molar-refractivity contribution in [2.24, 2.45) is 5.92 Å². The molecule has 2 unspecified atom stereocenters. The third-order valence-corrected chi connectivity index (χ3v) is 4.37. The van der Waals surface area contributed by atoms with E-state index in [0.29, 0.717) is 23.9 Å². The summed E-state index contributed by atoms with van der Waals surface area (Å²) in [6.45, 7) is 4.53. The molecule has 0 radical (unpaired) electrons. The number of amides is 1. The maximum Gasteiger partial charge on any atom is 0.347 e. The minimum atomic E-state index is -0.982. The van der Waals surface area contributed by atoms with Crippen LogP contribution in [0.3, 0.4) is 0 Å². The van der Waals surface area contributed by atoms with E-state index >= 15 is 0 Å². The van der Waals surface area contributed by atoms with Gasteiger partial charge in [0.15, 0.2) is 0 Å². The molecule has 1 fully saturated rings. The van der Waals surface area contributed by atoms with E-state index in [9.17, 15) is 9.59 Å². The third-order valence-electron chi connectivity index (χ3n) is 3.04. The molecule has 0 spiro atoms. The molecule has 2 atom stereocenters. The molecule has 2 heterocycles. The van der Waals surface area contributed by atoms with E-state index in [2.05, 4.69) is 10.3 Å². The van der Waals surface area contributed by atoms with Gasteiger partial charge >= 0.3 is 5.97 Å². The summed E-state index contributed by atoms with van der Waals surface area (Å²) in [5.41, 5.74) is 0.484. The summed E-state index contributed by atoms with van der Waals surface area (Å²) in [5.74, 6) is -1.15. The van der Waals surface area contributed by atoms with Crippen LogP contribution in [0.15, 0.2) is 0 Å². The molecule has 1 aromatic rings. The smallest absolute Gasteiger partial charge is 0.347 e. The second-order valence-corrected chi connectivity index (χ2v) is 5.59. The fourth-order valence-electron chi connectivity index (χ4n) is 1.94. The Bertz CT molecular complexity index is 494. The van der Waals surface area contributed by atoms with Crippen molar-refractivity contribution in [3.8, 4) is 0 Å². The minimum Gasteiger partial charge on any atom is -0.477 e. The van der Waals surface area contributed by atoms with Gasteiger partial charge in [0.1, 0.15) is 9.88 Å². The van der Waals surface area contributed by atoms with Crippen LogP contribution in [0, 0.1) is 12.8 Å². The van der Waals surface area contributed by atoms with Crippen LogP contribution < -0.4 is 5.32 Å². The molecule has 7 heteroatoms. The molecule has 1 aromatic heterocycles. The van der Waals surface area contributed by atoms with E-state index in [1.54, 1.807) is 13.8 Å². The number of carbonyl (C=O) groups excluding carboxylic acids is 1. The molecule has 2 N–H and O–H groups in total. The lowest BCUT2D eigenvalue weighted by molar-refractivity contribution is -0.125. The first-order valence-electron chi connectivity index (χ1n) is 6.07. The van der Waals surface area contributed by atoms with Crippen molar-refractivity contribution in [1.29, 1.82) is 0 Å². The first kappa shape index (κ1) is 14.0. The number of carboxylic acids is 1. The Kier molecular flexibility index (Phi) is 4.16. The first-order valence-corrected chi connectivity index (χ1v) is 6.89. The van der Waals surface area contributed by atoms with E-state index in [-0.39, 0.29) is 22.7 Å². The molecule has 0 aromatic carbocycles. The summed E-state index contributed by atoms with van der Waals surface area (Å²) in [7, 11) is 0. The maximum atomic E-state index is 11.9. The second-order valence-electron chi connectivity index (χ2n) is 4.56. The number of carbonyl (C=O) groups is 2. The quantitative estimate of drug-likeness (QED) is 0.871. The maximum absolute atomic E-state index is 11.9. The van der Waals surface area contributed by atoms with Crippen LogP contribution in [-0.2, 0) is 9.53 Å². The van der Waals surface area contributed by atoms with Crippen molar-refractivity contribution < 1.29 is 19.4 Å². The van der Waals surface area contributed by atoms with E-state index in [1.165, 1.54) is 0 Å². The Morgan fingerprint density at radius 2 is 2.32 bits per heavy atom. The topological polar surface area (TPSA) is 88.5 Å². The summed E-state index contributed by atoms with van der Waals surface area (Å²) in [6, 6.07) is -0.287. The van der Waals surface area contributed by atoms with Crippen LogP contribution >= 0.6 is 11.3 Å². The van der Waals surface area contributed by atoms with Crippen molar-refractivity contribution in [2.75, 3.05) is 13.2 Å². The van der Waals surface area contributed by atoms with Crippen molar-refractivity contribution in [3.05, 3.63) is 15.6 Å². The molecule has 0 aliphatic carbocycles. The molecule has 1 aliphatic heterocycles. The Morgan fingerprint density at radius 1 is 1.58 bits per heavy atom. The van der Waals surface area contributed by atoms with Gasteiger partial charge in [0.25, 0.3) is 0 Å². The third kappa shape index (κ3) is 3.10. The standard InChI is InChI=1S/C12H16N2O4S/c1-6-9(12(16)17)19-11(14-6)7(2)13-10(15)8-3-4-18-5-8/h7-8H,3-5H2,1-2H3,(H,13,15)(H,16,17). The zero-order chi connectivity index (χ0) is 14.0. The highest BCUT2D eigenvalue weighted by atomic mass is 32.1. The molecular formula is C12H16N2O4S. The number of carboxylic acid groups (broad SMARTS) is 1. The number of aryl methyl sites for hydroxylation is 1. The van der Waals surface area contributed by atoms with Gasteiger partial charge in [0.2, 0.25) is 5.91 Å². The number of thiazole rings is 1. The summed E-state index contributed by atoms with van der Waals surface area (Å²) < 4.78 is 5.17. The molecule has 104 valence electrons. The second kappa shape index (κ2) is 5.66. The Labute approximate surface area is 114 Å². The number of rotatable bonds is 4.